The maximum atomic E-state index is 12.3. The summed E-state index contributed by atoms with van der Waals surface area (Å²) in [5.74, 6) is -0.230. The number of carbonyl (C=O) groups excluding carboxylic acids is 1. The van der Waals surface area contributed by atoms with Gasteiger partial charge in [-0.25, -0.2) is 4.98 Å². The van der Waals surface area contributed by atoms with Gasteiger partial charge >= 0.3 is 0 Å². The lowest BCUT2D eigenvalue weighted by Gasteiger charge is -2.30. The zero-order chi connectivity index (χ0) is 17.5. The summed E-state index contributed by atoms with van der Waals surface area (Å²) in [5.41, 5.74) is 2.11. The van der Waals surface area contributed by atoms with Crippen LogP contribution in [0.5, 0.6) is 0 Å². The second-order valence-electron chi connectivity index (χ2n) is 5.51. The Morgan fingerprint density at radius 2 is 1.92 bits per heavy atom. The predicted octanol–water partition coefficient (Wildman–Crippen LogP) is 3.25. The Kier molecular flexibility index (Phi) is 6.70. The van der Waals surface area contributed by atoms with E-state index in [0.717, 1.165) is 24.3 Å². The Balaban J connectivity index is 2.15. The molecule has 1 atom stereocenters. The van der Waals surface area contributed by atoms with E-state index in [1.165, 1.54) is 6.20 Å². The first kappa shape index (κ1) is 18.4. The van der Waals surface area contributed by atoms with E-state index in [2.05, 4.69) is 34.0 Å². The third-order valence-corrected chi connectivity index (χ3v) is 4.33. The van der Waals surface area contributed by atoms with Crippen LogP contribution >= 0.6 is 11.6 Å². The fourth-order valence-corrected chi connectivity index (χ4v) is 2.90. The largest absolute Gasteiger partial charge is 0.349 e. The first-order valence-electron chi connectivity index (χ1n) is 8.12. The van der Waals surface area contributed by atoms with E-state index < -0.39 is 0 Å². The van der Waals surface area contributed by atoms with Crippen molar-refractivity contribution in [2.75, 3.05) is 19.6 Å². The summed E-state index contributed by atoms with van der Waals surface area (Å²) in [6.45, 7) is 8.22. The average Bonchev–Trinajstić information content (AvgIpc) is 2.60. The van der Waals surface area contributed by atoms with Gasteiger partial charge in [0.2, 0.25) is 0 Å². The van der Waals surface area contributed by atoms with Gasteiger partial charge in [-0.05, 0) is 31.6 Å². The van der Waals surface area contributed by atoms with Crippen LogP contribution in [0.3, 0.4) is 0 Å². The highest BCUT2D eigenvalue weighted by molar-refractivity contribution is 6.31. The lowest BCUT2D eigenvalue weighted by Crippen LogP contribution is -2.38. The highest BCUT2D eigenvalue weighted by Crippen LogP contribution is 2.27. The number of nitrogens with zero attached hydrogens (tertiary/aromatic N) is 3. The number of carbonyl (C=O) groups is 1. The van der Waals surface area contributed by atoms with Crippen LogP contribution in [0.2, 0.25) is 5.02 Å². The first-order chi connectivity index (χ1) is 11.6. The molecule has 2 aromatic rings. The number of likely N-dealkylation sites (N-methyl/N-ethyl adjacent to an activating group) is 1. The van der Waals surface area contributed by atoms with Gasteiger partial charge in [-0.15, -0.1) is 0 Å². The van der Waals surface area contributed by atoms with Crippen molar-refractivity contribution in [1.29, 1.82) is 0 Å². The SMILES string of the molecule is CCN(CC)[C@H](CNC(=O)c1cnc(C)cn1)c1ccccc1Cl. The monoisotopic (exact) mass is 346 g/mol. The summed E-state index contributed by atoms with van der Waals surface area (Å²) in [4.78, 5) is 22.8. The molecule has 1 aromatic carbocycles. The normalized spacial score (nSPS) is 12.2. The molecule has 1 heterocycles. The highest BCUT2D eigenvalue weighted by Gasteiger charge is 2.21. The molecule has 6 heteroatoms. The fourth-order valence-electron chi connectivity index (χ4n) is 2.64. The molecule has 0 aliphatic rings. The molecule has 1 aromatic heterocycles. The van der Waals surface area contributed by atoms with Crippen LogP contribution in [0, 0.1) is 6.92 Å². The van der Waals surface area contributed by atoms with Crippen LogP contribution in [-0.4, -0.2) is 40.4 Å². The molecule has 2 rings (SSSR count). The van der Waals surface area contributed by atoms with Gasteiger partial charge in [0.15, 0.2) is 0 Å². The van der Waals surface area contributed by atoms with Crippen molar-refractivity contribution in [3.63, 3.8) is 0 Å². The Hall–Kier alpha value is -1.98. The highest BCUT2D eigenvalue weighted by atomic mass is 35.5. The molecule has 0 unspecified atom stereocenters. The third-order valence-electron chi connectivity index (χ3n) is 3.99. The van der Waals surface area contributed by atoms with Crippen LogP contribution in [-0.2, 0) is 0 Å². The summed E-state index contributed by atoms with van der Waals surface area (Å²) in [6, 6.07) is 7.76. The number of nitrogens with one attached hydrogen (secondary N) is 1. The van der Waals surface area contributed by atoms with E-state index in [1.54, 1.807) is 6.20 Å². The molecule has 0 spiro atoms. The summed E-state index contributed by atoms with van der Waals surface area (Å²) in [5, 5.41) is 3.66. The van der Waals surface area contributed by atoms with E-state index in [-0.39, 0.29) is 11.9 Å². The molecule has 0 aliphatic heterocycles. The zero-order valence-electron chi connectivity index (χ0n) is 14.3. The van der Waals surface area contributed by atoms with Gasteiger partial charge in [-0.3, -0.25) is 14.7 Å². The fraction of sp³-hybridized carbons (Fsp3) is 0.389. The Morgan fingerprint density at radius 1 is 1.21 bits per heavy atom. The van der Waals surface area contributed by atoms with Gasteiger partial charge in [0, 0.05) is 17.8 Å². The van der Waals surface area contributed by atoms with Gasteiger partial charge in [-0.2, -0.15) is 0 Å². The summed E-state index contributed by atoms with van der Waals surface area (Å²) in [6.07, 6.45) is 3.08. The Bertz CT molecular complexity index is 671. The Morgan fingerprint density at radius 3 is 2.50 bits per heavy atom. The Labute approximate surface area is 148 Å². The number of aryl methyl sites for hydroxylation is 1. The van der Waals surface area contributed by atoms with Crippen LogP contribution in [0.1, 0.15) is 41.6 Å². The number of benzene rings is 1. The molecular formula is C18H23ClN4O. The van der Waals surface area contributed by atoms with E-state index >= 15 is 0 Å². The van der Waals surface area contributed by atoms with Crippen molar-refractivity contribution >= 4 is 17.5 Å². The van der Waals surface area contributed by atoms with Gasteiger partial charge in [0.05, 0.1) is 17.9 Å². The van der Waals surface area contributed by atoms with Gasteiger partial charge in [0.25, 0.3) is 5.91 Å². The van der Waals surface area contributed by atoms with Crippen molar-refractivity contribution in [1.82, 2.24) is 20.2 Å². The molecule has 1 N–H and O–H groups in total. The minimum atomic E-state index is -0.230. The second-order valence-corrected chi connectivity index (χ2v) is 5.92. The van der Waals surface area contributed by atoms with Gasteiger partial charge in [0.1, 0.15) is 5.69 Å². The van der Waals surface area contributed by atoms with Crippen molar-refractivity contribution < 1.29 is 4.79 Å². The maximum absolute atomic E-state index is 12.3. The summed E-state index contributed by atoms with van der Waals surface area (Å²) >= 11 is 6.37. The van der Waals surface area contributed by atoms with Crippen LogP contribution in [0.25, 0.3) is 0 Å². The van der Waals surface area contributed by atoms with Crippen LogP contribution in [0.15, 0.2) is 36.7 Å². The number of amides is 1. The molecular weight excluding hydrogens is 324 g/mol. The average molecular weight is 347 g/mol. The zero-order valence-corrected chi connectivity index (χ0v) is 15.0. The molecule has 128 valence electrons. The third kappa shape index (κ3) is 4.52. The number of hydrogen-bond acceptors (Lipinski definition) is 4. The molecule has 0 saturated carbocycles. The molecule has 0 saturated heterocycles. The lowest BCUT2D eigenvalue weighted by molar-refractivity contribution is 0.0929. The van der Waals surface area contributed by atoms with Crippen molar-refractivity contribution in [3.8, 4) is 0 Å². The first-order valence-corrected chi connectivity index (χ1v) is 8.49. The molecule has 0 radical (unpaired) electrons. The van der Waals surface area contributed by atoms with Gasteiger partial charge in [-0.1, -0.05) is 43.6 Å². The van der Waals surface area contributed by atoms with Crippen LogP contribution in [0.4, 0.5) is 0 Å². The van der Waals surface area contributed by atoms with E-state index in [4.69, 9.17) is 11.6 Å². The standard InChI is InChI=1S/C18H23ClN4O/c1-4-23(5-2)17(14-8-6-7-9-15(14)19)12-22-18(24)16-11-20-13(3)10-21-16/h6-11,17H,4-5,12H2,1-3H3,(H,22,24)/t17-/m1/s1. The molecule has 0 aliphatic carbocycles. The molecule has 24 heavy (non-hydrogen) atoms. The molecule has 1 amide bonds. The molecule has 0 bridgehead atoms. The smallest absolute Gasteiger partial charge is 0.271 e. The number of rotatable bonds is 7. The van der Waals surface area contributed by atoms with Crippen molar-refractivity contribution in [3.05, 3.63) is 58.6 Å². The number of hydrogen-bond donors (Lipinski definition) is 1. The number of aromatic nitrogens is 2. The molecule has 5 nitrogen and oxygen atoms in total. The quantitative estimate of drug-likeness (QED) is 0.836. The number of halogens is 1. The summed E-state index contributed by atoms with van der Waals surface area (Å²) in [7, 11) is 0. The lowest BCUT2D eigenvalue weighted by atomic mass is 10.0. The van der Waals surface area contributed by atoms with E-state index in [0.29, 0.717) is 17.3 Å². The van der Waals surface area contributed by atoms with E-state index in [9.17, 15) is 4.79 Å². The topological polar surface area (TPSA) is 58.1 Å². The van der Waals surface area contributed by atoms with Crippen molar-refractivity contribution in [2.24, 2.45) is 0 Å². The summed E-state index contributed by atoms with van der Waals surface area (Å²) < 4.78 is 0. The van der Waals surface area contributed by atoms with Crippen LogP contribution < -0.4 is 5.32 Å². The second kappa shape index (κ2) is 8.76. The van der Waals surface area contributed by atoms with Crippen molar-refractivity contribution in [2.45, 2.75) is 26.8 Å². The minimum Gasteiger partial charge on any atom is -0.349 e. The molecule has 0 fully saturated rings. The van der Waals surface area contributed by atoms with E-state index in [1.807, 2.05) is 31.2 Å². The van der Waals surface area contributed by atoms with Gasteiger partial charge < -0.3 is 5.32 Å². The maximum Gasteiger partial charge on any atom is 0.271 e. The predicted molar refractivity (Wildman–Crippen MR) is 96.2 cm³/mol. The minimum absolute atomic E-state index is 0.0102.